The minimum atomic E-state index is 0.592. The summed E-state index contributed by atoms with van der Waals surface area (Å²) in [5.41, 5.74) is 5.94. The van der Waals surface area contributed by atoms with Crippen molar-refractivity contribution in [1.29, 1.82) is 0 Å². The second-order valence-electron chi connectivity index (χ2n) is 5.53. The third-order valence-electron chi connectivity index (χ3n) is 3.62. The minimum Gasteiger partial charge on any atom is -0.319 e. The van der Waals surface area contributed by atoms with Crippen molar-refractivity contribution in [2.24, 2.45) is 5.92 Å². The molecule has 0 fully saturated rings. The molecule has 0 aliphatic heterocycles. The van der Waals surface area contributed by atoms with Gasteiger partial charge in [-0.25, -0.2) is 9.97 Å². The predicted molar refractivity (Wildman–Crippen MR) is 86.4 cm³/mol. The summed E-state index contributed by atoms with van der Waals surface area (Å²) in [7, 11) is 2.00. The van der Waals surface area contributed by atoms with Gasteiger partial charge in [-0.1, -0.05) is 6.92 Å². The van der Waals surface area contributed by atoms with Crippen LogP contribution in [0.2, 0.25) is 0 Å². The molecule has 1 atom stereocenters. The van der Waals surface area contributed by atoms with E-state index in [1.54, 1.807) is 11.3 Å². The zero-order chi connectivity index (χ0) is 14.7. The fourth-order valence-corrected chi connectivity index (χ4v) is 3.34. The van der Waals surface area contributed by atoms with Crippen molar-refractivity contribution < 1.29 is 0 Å². The normalized spacial score (nSPS) is 12.7. The second-order valence-corrected chi connectivity index (χ2v) is 6.28. The molecular weight excluding hydrogens is 266 g/mol. The standard InChI is InChI=1S/C16H23N3S/c1-10(7-17-5)6-14-12(3)18-16(19-13(14)4)15-9-20-8-11(15)2/h8-10,17H,6-7H2,1-5H3. The molecule has 108 valence electrons. The second kappa shape index (κ2) is 6.46. The van der Waals surface area contributed by atoms with E-state index < -0.39 is 0 Å². The Morgan fingerprint density at radius 3 is 2.30 bits per heavy atom. The third kappa shape index (κ3) is 3.25. The van der Waals surface area contributed by atoms with E-state index in [2.05, 4.69) is 43.8 Å². The van der Waals surface area contributed by atoms with Crippen LogP contribution in [0.5, 0.6) is 0 Å². The van der Waals surface area contributed by atoms with Gasteiger partial charge in [0.15, 0.2) is 5.82 Å². The fraction of sp³-hybridized carbons (Fsp3) is 0.500. The summed E-state index contributed by atoms with van der Waals surface area (Å²) in [5.74, 6) is 1.46. The number of nitrogens with one attached hydrogen (secondary N) is 1. The topological polar surface area (TPSA) is 37.8 Å². The van der Waals surface area contributed by atoms with Gasteiger partial charge in [0.1, 0.15) is 0 Å². The maximum absolute atomic E-state index is 4.73. The fourth-order valence-electron chi connectivity index (χ4n) is 2.51. The molecular formula is C16H23N3S. The Morgan fingerprint density at radius 2 is 1.80 bits per heavy atom. The quantitative estimate of drug-likeness (QED) is 0.915. The Balaban J connectivity index is 2.32. The smallest absolute Gasteiger partial charge is 0.160 e. The van der Waals surface area contributed by atoms with Crippen LogP contribution in [0.1, 0.15) is 29.4 Å². The molecule has 3 nitrogen and oxygen atoms in total. The lowest BCUT2D eigenvalue weighted by atomic mass is 9.98. The number of hydrogen-bond acceptors (Lipinski definition) is 4. The number of aromatic nitrogens is 2. The SMILES string of the molecule is CNCC(C)Cc1c(C)nc(-c2cscc2C)nc1C. The molecule has 1 N–H and O–H groups in total. The van der Waals surface area contributed by atoms with E-state index in [1.165, 1.54) is 11.1 Å². The van der Waals surface area contributed by atoms with E-state index >= 15 is 0 Å². The van der Waals surface area contributed by atoms with Crippen molar-refractivity contribution in [1.82, 2.24) is 15.3 Å². The zero-order valence-electron chi connectivity index (χ0n) is 12.9. The van der Waals surface area contributed by atoms with Crippen molar-refractivity contribution in [2.45, 2.75) is 34.1 Å². The molecule has 2 rings (SSSR count). The summed E-state index contributed by atoms with van der Waals surface area (Å²) in [6, 6.07) is 0. The molecule has 0 aliphatic rings. The molecule has 1 unspecified atom stereocenters. The summed E-state index contributed by atoms with van der Waals surface area (Å²) < 4.78 is 0. The summed E-state index contributed by atoms with van der Waals surface area (Å²) in [4.78, 5) is 9.45. The van der Waals surface area contributed by atoms with Crippen LogP contribution in [0.15, 0.2) is 10.8 Å². The molecule has 4 heteroatoms. The van der Waals surface area contributed by atoms with Gasteiger partial charge in [0.05, 0.1) is 0 Å². The van der Waals surface area contributed by atoms with Gasteiger partial charge in [-0.2, -0.15) is 11.3 Å². The van der Waals surface area contributed by atoms with Crippen LogP contribution in [0.3, 0.4) is 0 Å². The van der Waals surface area contributed by atoms with E-state index in [-0.39, 0.29) is 0 Å². The van der Waals surface area contributed by atoms with Crippen molar-refractivity contribution >= 4 is 11.3 Å². The van der Waals surface area contributed by atoms with Crippen LogP contribution in [0, 0.1) is 26.7 Å². The lowest BCUT2D eigenvalue weighted by Gasteiger charge is -2.15. The highest BCUT2D eigenvalue weighted by Gasteiger charge is 2.14. The Bertz CT molecular complexity index is 566. The maximum atomic E-state index is 4.73. The minimum absolute atomic E-state index is 0.592. The maximum Gasteiger partial charge on any atom is 0.160 e. The van der Waals surface area contributed by atoms with Gasteiger partial charge in [0.25, 0.3) is 0 Å². The molecule has 0 amide bonds. The molecule has 0 aliphatic carbocycles. The highest BCUT2D eigenvalue weighted by atomic mass is 32.1. The van der Waals surface area contributed by atoms with Crippen LogP contribution >= 0.6 is 11.3 Å². The number of hydrogen-bond donors (Lipinski definition) is 1. The molecule has 0 spiro atoms. The zero-order valence-corrected chi connectivity index (χ0v) is 13.8. The van der Waals surface area contributed by atoms with E-state index in [1.807, 2.05) is 7.05 Å². The predicted octanol–water partition coefficient (Wildman–Crippen LogP) is 3.53. The Kier molecular flexibility index (Phi) is 4.89. The van der Waals surface area contributed by atoms with Crippen molar-refractivity contribution in [2.75, 3.05) is 13.6 Å². The lowest BCUT2D eigenvalue weighted by molar-refractivity contribution is 0.537. The summed E-state index contributed by atoms with van der Waals surface area (Å²) in [6.45, 7) is 9.59. The molecule has 0 saturated heterocycles. The summed E-state index contributed by atoms with van der Waals surface area (Å²) in [5, 5.41) is 7.51. The van der Waals surface area contributed by atoms with Crippen LogP contribution in [-0.2, 0) is 6.42 Å². The van der Waals surface area contributed by atoms with Crippen molar-refractivity contribution in [3.8, 4) is 11.4 Å². The Labute approximate surface area is 125 Å². The number of nitrogens with zero attached hydrogens (tertiary/aromatic N) is 2. The van der Waals surface area contributed by atoms with Crippen LogP contribution in [-0.4, -0.2) is 23.6 Å². The van der Waals surface area contributed by atoms with Crippen LogP contribution in [0.4, 0.5) is 0 Å². The number of aryl methyl sites for hydroxylation is 3. The molecule has 2 aromatic heterocycles. The molecule has 2 aromatic rings. The highest BCUT2D eigenvalue weighted by Crippen LogP contribution is 2.26. The molecule has 0 saturated carbocycles. The molecule has 2 heterocycles. The van der Waals surface area contributed by atoms with E-state index in [9.17, 15) is 0 Å². The Hall–Kier alpha value is -1.26. The van der Waals surface area contributed by atoms with Gasteiger partial charge >= 0.3 is 0 Å². The molecule has 0 aromatic carbocycles. The average molecular weight is 289 g/mol. The van der Waals surface area contributed by atoms with Crippen LogP contribution < -0.4 is 5.32 Å². The highest BCUT2D eigenvalue weighted by molar-refractivity contribution is 7.08. The molecule has 0 radical (unpaired) electrons. The largest absolute Gasteiger partial charge is 0.319 e. The first-order chi connectivity index (χ1) is 9.52. The number of thiophene rings is 1. The number of rotatable bonds is 5. The van der Waals surface area contributed by atoms with Gasteiger partial charge in [-0.05, 0) is 63.2 Å². The van der Waals surface area contributed by atoms with Gasteiger partial charge in [0.2, 0.25) is 0 Å². The first-order valence-corrected chi connectivity index (χ1v) is 7.99. The first-order valence-electron chi connectivity index (χ1n) is 7.04. The molecule has 20 heavy (non-hydrogen) atoms. The van der Waals surface area contributed by atoms with E-state index in [0.29, 0.717) is 5.92 Å². The monoisotopic (exact) mass is 289 g/mol. The van der Waals surface area contributed by atoms with Gasteiger partial charge < -0.3 is 5.32 Å². The first kappa shape index (κ1) is 15.1. The van der Waals surface area contributed by atoms with E-state index in [0.717, 1.165) is 35.7 Å². The van der Waals surface area contributed by atoms with Crippen LogP contribution in [0.25, 0.3) is 11.4 Å². The van der Waals surface area contributed by atoms with Crippen molar-refractivity contribution in [3.05, 3.63) is 33.3 Å². The molecule has 0 bridgehead atoms. The summed E-state index contributed by atoms with van der Waals surface area (Å²) in [6.07, 6.45) is 1.03. The Morgan fingerprint density at radius 1 is 1.15 bits per heavy atom. The van der Waals surface area contributed by atoms with Gasteiger partial charge in [-0.15, -0.1) is 0 Å². The summed E-state index contributed by atoms with van der Waals surface area (Å²) >= 11 is 1.71. The van der Waals surface area contributed by atoms with Crippen molar-refractivity contribution in [3.63, 3.8) is 0 Å². The van der Waals surface area contributed by atoms with Gasteiger partial charge in [-0.3, -0.25) is 0 Å². The van der Waals surface area contributed by atoms with E-state index in [4.69, 9.17) is 9.97 Å². The van der Waals surface area contributed by atoms with Gasteiger partial charge in [0, 0.05) is 22.3 Å². The third-order valence-corrected chi connectivity index (χ3v) is 4.48. The average Bonchev–Trinajstić information content (AvgIpc) is 2.80. The lowest BCUT2D eigenvalue weighted by Crippen LogP contribution is -2.19.